The summed E-state index contributed by atoms with van der Waals surface area (Å²) in [4.78, 5) is 23.1. The second kappa shape index (κ2) is 8.08. The maximum absolute atomic E-state index is 11.8. The van der Waals surface area contributed by atoms with Gasteiger partial charge >= 0.3 is 5.97 Å². The lowest BCUT2D eigenvalue weighted by Crippen LogP contribution is -2.17. The van der Waals surface area contributed by atoms with Crippen molar-refractivity contribution in [2.45, 2.75) is 32.1 Å². The summed E-state index contributed by atoms with van der Waals surface area (Å²) in [7, 11) is 0. The molecule has 0 aromatic heterocycles. The summed E-state index contributed by atoms with van der Waals surface area (Å²) >= 11 is 1.07. The normalized spacial score (nSPS) is 16.7. The highest BCUT2D eigenvalue weighted by Crippen LogP contribution is 2.34. The first-order valence-electron chi connectivity index (χ1n) is 7.34. The lowest BCUT2D eigenvalue weighted by atomic mass is 9.87. The third kappa shape index (κ3) is 4.77. The van der Waals surface area contributed by atoms with Crippen LogP contribution in [0.1, 0.15) is 37.7 Å². The minimum absolute atomic E-state index is 0.0686. The zero-order chi connectivity index (χ0) is 15.1. The van der Waals surface area contributed by atoms with Crippen LogP contribution >= 0.6 is 11.8 Å². The molecular weight excluding hydrogens is 286 g/mol. The number of carbonyl (C=O) groups excluding carboxylic acids is 2. The van der Waals surface area contributed by atoms with Crippen molar-refractivity contribution in [3.63, 3.8) is 0 Å². The van der Waals surface area contributed by atoms with Crippen molar-refractivity contribution in [3.8, 4) is 0 Å². The first kappa shape index (κ1) is 15.9. The fourth-order valence-electron chi connectivity index (χ4n) is 2.56. The SMILES string of the molecule is CCOC(=O)CSC(=O)CCC1CCNc2ccccc21. The average Bonchev–Trinajstić information content (AvgIpc) is 2.51. The molecule has 21 heavy (non-hydrogen) atoms. The van der Waals surface area contributed by atoms with Gasteiger partial charge in [-0.05, 0) is 37.3 Å². The van der Waals surface area contributed by atoms with Gasteiger partial charge in [-0.1, -0.05) is 30.0 Å². The Balaban J connectivity index is 1.79. The average molecular weight is 307 g/mol. The standard InChI is InChI=1S/C16H21NO3S/c1-2-20-15(18)11-21-16(19)8-7-12-9-10-17-14-6-4-3-5-13(12)14/h3-6,12,17H,2,7-11H2,1H3. The third-order valence-electron chi connectivity index (χ3n) is 3.56. The van der Waals surface area contributed by atoms with Gasteiger partial charge in [-0.2, -0.15) is 0 Å². The van der Waals surface area contributed by atoms with Crippen molar-refractivity contribution >= 4 is 28.5 Å². The molecule has 0 radical (unpaired) electrons. The maximum Gasteiger partial charge on any atom is 0.316 e. The number of benzene rings is 1. The van der Waals surface area contributed by atoms with E-state index in [2.05, 4.69) is 17.4 Å². The van der Waals surface area contributed by atoms with Crippen LogP contribution in [-0.2, 0) is 14.3 Å². The van der Waals surface area contributed by atoms with Crippen molar-refractivity contribution in [3.05, 3.63) is 29.8 Å². The molecule has 5 heteroatoms. The number of nitrogens with one attached hydrogen (secondary N) is 1. The molecule has 2 rings (SSSR count). The number of anilines is 1. The molecule has 0 bridgehead atoms. The number of thioether (sulfide) groups is 1. The van der Waals surface area contributed by atoms with Gasteiger partial charge in [0.25, 0.3) is 0 Å². The van der Waals surface area contributed by atoms with Crippen molar-refractivity contribution in [2.24, 2.45) is 0 Å². The van der Waals surface area contributed by atoms with Gasteiger partial charge in [0.1, 0.15) is 0 Å². The molecule has 1 unspecified atom stereocenters. The lowest BCUT2D eigenvalue weighted by molar-refractivity contribution is -0.140. The summed E-state index contributed by atoms with van der Waals surface area (Å²) < 4.78 is 4.81. The molecule has 1 aliphatic heterocycles. The number of fused-ring (bicyclic) bond motifs is 1. The fourth-order valence-corrected chi connectivity index (χ4v) is 3.18. The number of ether oxygens (including phenoxy) is 1. The van der Waals surface area contributed by atoms with Gasteiger partial charge in [0.05, 0.1) is 12.4 Å². The van der Waals surface area contributed by atoms with E-state index >= 15 is 0 Å². The molecule has 1 heterocycles. The van der Waals surface area contributed by atoms with Crippen molar-refractivity contribution in [1.29, 1.82) is 0 Å². The highest BCUT2D eigenvalue weighted by Gasteiger charge is 2.20. The van der Waals surface area contributed by atoms with Crippen LogP contribution in [0, 0.1) is 0 Å². The molecule has 0 aliphatic carbocycles. The predicted octanol–water partition coefficient (Wildman–Crippen LogP) is 3.19. The molecule has 4 nitrogen and oxygen atoms in total. The predicted molar refractivity (Wildman–Crippen MR) is 85.6 cm³/mol. The van der Waals surface area contributed by atoms with Gasteiger partial charge < -0.3 is 10.1 Å². The summed E-state index contributed by atoms with van der Waals surface area (Å²) in [5.41, 5.74) is 2.48. The summed E-state index contributed by atoms with van der Waals surface area (Å²) in [6.45, 7) is 3.07. The second-order valence-electron chi connectivity index (χ2n) is 5.00. The van der Waals surface area contributed by atoms with E-state index in [1.54, 1.807) is 6.92 Å². The van der Waals surface area contributed by atoms with Gasteiger partial charge in [0.2, 0.25) is 0 Å². The second-order valence-corrected chi connectivity index (χ2v) is 6.04. The minimum Gasteiger partial charge on any atom is -0.465 e. The molecule has 0 saturated carbocycles. The smallest absolute Gasteiger partial charge is 0.316 e. The summed E-state index contributed by atoms with van der Waals surface area (Å²) in [6.07, 6.45) is 2.39. The zero-order valence-corrected chi connectivity index (χ0v) is 13.1. The van der Waals surface area contributed by atoms with Crippen LogP contribution in [0.5, 0.6) is 0 Å². The Hall–Kier alpha value is -1.49. The molecule has 0 amide bonds. The molecular formula is C16H21NO3S. The Bertz CT molecular complexity index is 504. The molecule has 1 atom stereocenters. The van der Waals surface area contributed by atoms with E-state index in [-0.39, 0.29) is 16.8 Å². The molecule has 0 fully saturated rings. The molecule has 114 valence electrons. The van der Waals surface area contributed by atoms with E-state index in [0.717, 1.165) is 31.1 Å². The van der Waals surface area contributed by atoms with Gasteiger partial charge in [-0.25, -0.2) is 0 Å². The largest absolute Gasteiger partial charge is 0.465 e. The van der Waals surface area contributed by atoms with E-state index in [1.807, 2.05) is 12.1 Å². The topological polar surface area (TPSA) is 55.4 Å². The van der Waals surface area contributed by atoms with Crippen molar-refractivity contribution in [1.82, 2.24) is 0 Å². The van der Waals surface area contributed by atoms with E-state index in [0.29, 0.717) is 18.9 Å². The number of para-hydroxylation sites is 1. The Morgan fingerprint density at radius 1 is 1.38 bits per heavy atom. The van der Waals surface area contributed by atoms with Crippen LogP contribution in [-0.4, -0.2) is 30.0 Å². The monoisotopic (exact) mass is 307 g/mol. The highest BCUT2D eigenvalue weighted by atomic mass is 32.2. The Morgan fingerprint density at radius 2 is 2.19 bits per heavy atom. The Morgan fingerprint density at radius 3 is 3.00 bits per heavy atom. The van der Waals surface area contributed by atoms with E-state index < -0.39 is 0 Å². The molecule has 1 N–H and O–H groups in total. The van der Waals surface area contributed by atoms with Crippen LogP contribution in [0.3, 0.4) is 0 Å². The van der Waals surface area contributed by atoms with Crippen LogP contribution in [0.2, 0.25) is 0 Å². The van der Waals surface area contributed by atoms with Crippen LogP contribution in [0.25, 0.3) is 0 Å². The van der Waals surface area contributed by atoms with E-state index in [4.69, 9.17) is 4.74 Å². The zero-order valence-electron chi connectivity index (χ0n) is 12.3. The molecule has 0 spiro atoms. The number of esters is 1. The number of rotatable bonds is 6. The van der Waals surface area contributed by atoms with Crippen LogP contribution < -0.4 is 5.32 Å². The van der Waals surface area contributed by atoms with Crippen molar-refractivity contribution in [2.75, 3.05) is 24.2 Å². The Labute approximate surface area is 129 Å². The maximum atomic E-state index is 11.8. The summed E-state index contributed by atoms with van der Waals surface area (Å²) in [6, 6.07) is 8.27. The molecule has 1 aliphatic rings. The highest BCUT2D eigenvalue weighted by molar-refractivity contribution is 8.14. The van der Waals surface area contributed by atoms with Gasteiger partial charge in [0, 0.05) is 18.7 Å². The first-order valence-corrected chi connectivity index (χ1v) is 8.33. The van der Waals surface area contributed by atoms with E-state index in [9.17, 15) is 9.59 Å². The van der Waals surface area contributed by atoms with Gasteiger partial charge in [0.15, 0.2) is 5.12 Å². The number of carbonyl (C=O) groups is 2. The first-order chi connectivity index (χ1) is 10.2. The van der Waals surface area contributed by atoms with Crippen LogP contribution in [0.4, 0.5) is 5.69 Å². The number of hydrogen-bond acceptors (Lipinski definition) is 5. The van der Waals surface area contributed by atoms with Crippen molar-refractivity contribution < 1.29 is 14.3 Å². The quantitative estimate of drug-likeness (QED) is 0.818. The van der Waals surface area contributed by atoms with Gasteiger partial charge in [-0.3, -0.25) is 9.59 Å². The minimum atomic E-state index is -0.317. The van der Waals surface area contributed by atoms with Crippen LogP contribution in [0.15, 0.2) is 24.3 Å². The Kier molecular flexibility index (Phi) is 6.11. The fraction of sp³-hybridized carbons (Fsp3) is 0.500. The number of hydrogen-bond donors (Lipinski definition) is 1. The lowest BCUT2D eigenvalue weighted by Gasteiger charge is -2.26. The van der Waals surface area contributed by atoms with Gasteiger partial charge in [-0.15, -0.1) is 0 Å². The molecule has 1 aromatic carbocycles. The molecule has 1 aromatic rings. The summed E-state index contributed by atoms with van der Waals surface area (Å²) in [5, 5.41) is 3.45. The summed E-state index contributed by atoms with van der Waals surface area (Å²) in [5.74, 6) is 0.229. The van der Waals surface area contributed by atoms with E-state index in [1.165, 1.54) is 11.3 Å². The molecule has 0 saturated heterocycles. The third-order valence-corrected chi connectivity index (χ3v) is 4.47.